The lowest BCUT2D eigenvalue weighted by Crippen LogP contribution is -1.95. The van der Waals surface area contributed by atoms with Crippen LogP contribution < -0.4 is 5.73 Å². The van der Waals surface area contributed by atoms with Crippen molar-refractivity contribution >= 4 is 33.6 Å². The smallest absolute Gasteiger partial charge is 0.261 e. The minimum atomic E-state index is 0.224. The van der Waals surface area contributed by atoms with Crippen LogP contribution in [0.3, 0.4) is 0 Å². The fraction of sp³-hybridized carbons (Fsp3) is 0. The zero-order chi connectivity index (χ0) is 9.97. The molecule has 0 saturated carbocycles. The van der Waals surface area contributed by atoms with Gasteiger partial charge in [-0.15, -0.1) is 0 Å². The van der Waals surface area contributed by atoms with Crippen LogP contribution >= 0.6 is 27.7 Å². The van der Waals surface area contributed by atoms with Crippen LogP contribution in [0.25, 0.3) is 0 Å². The van der Waals surface area contributed by atoms with Crippen LogP contribution in [-0.4, -0.2) is 15.0 Å². The molecule has 0 fully saturated rings. The van der Waals surface area contributed by atoms with Crippen LogP contribution in [0.4, 0.5) is 5.95 Å². The van der Waals surface area contributed by atoms with Crippen molar-refractivity contribution in [1.82, 2.24) is 15.0 Å². The maximum absolute atomic E-state index is 5.45. The van der Waals surface area contributed by atoms with Crippen LogP contribution in [0.2, 0.25) is 0 Å². The minimum Gasteiger partial charge on any atom is -0.440 e. The zero-order valence-electron chi connectivity index (χ0n) is 6.85. The summed E-state index contributed by atoms with van der Waals surface area (Å²) in [4.78, 5) is 11.8. The third-order valence-electron chi connectivity index (χ3n) is 1.32. The van der Waals surface area contributed by atoms with E-state index in [9.17, 15) is 0 Å². The molecule has 0 aliphatic heterocycles. The maximum Gasteiger partial charge on any atom is 0.261 e. The van der Waals surface area contributed by atoms with Crippen LogP contribution in [0.1, 0.15) is 0 Å². The molecule has 2 N–H and O–H groups in total. The molecule has 0 amide bonds. The lowest BCUT2D eigenvalue weighted by atomic mass is 10.7. The van der Waals surface area contributed by atoms with E-state index in [-0.39, 0.29) is 5.95 Å². The molecule has 2 aromatic heterocycles. The first-order valence-corrected chi connectivity index (χ1v) is 5.22. The molecule has 0 spiro atoms. The van der Waals surface area contributed by atoms with Crippen molar-refractivity contribution in [1.29, 1.82) is 0 Å². The fourth-order valence-corrected chi connectivity index (χ4v) is 1.89. The molecule has 0 bridgehead atoms. The summed E-state index contributed by atoms with van der Waals surface area (Å²) in [6, 6.07) is 0. The van der Waals surface area contributed by atoms with Gasteiger partial charge in [0.2, 0.25) is 5.95 Å². The first-order chi connectivity index (χ1) is 6.75. The molecular formula is C7H5BrN4OS. The molecule has 0 saturated heterocycles. The number of nitrogens with two attached hydrogens (primary N) is 1. The molecule has 14 heavy (non-hydrogen) atoms. The van der Waals surface area contributed by atoms with Gasteiger partial charge in [0.25, 0.3) is 5.22 Å². The van der Waals surface area contributed by atoms with Crippen molar-refractivity contribution in [3.8, 4) is 0 Å². The molecular weight excluding hydrogens is 268 g/mol. The van der Waals surface area contributed by atoms with Crippen molar-refractivity contribution in [3.63, 3.8) is 0 Å². The first-order valence-electron chi connectivity index (χ1n) is 3.61. The predicted octanol–water partition coefficient (Wildman–Crippen LogP) is 1.96. The Balaban J connectivity index is 2.28. The summed E-state index contributed by atoms with van der Waals surface area (Å²) in [5.41, 5.74) is 5.45. The number of aromatic nitrogens is 3. The van der Waals surface area contributed by atoms with Gasteiger partial charge in [0.05, 0.1) is 10.7 Å². The standard InChI is InChI=1S/C7H5BrN4OS/c8-4-3-11-6(9)12-5(4)14-7-10-1-2-13-7/h1-3H,(H2,9,11,12). The van der Waals surface area contributed by atoms with Gasteiger partial charge < -0.3 is 10.2 Å². The highest BCUT2D eigenvalue weighted by atomic mass is 79.9. The van der Waals surface area contributed by atoms with E-state index >= 15 is 0 Å². The van der Waals surface area contributed by atoms with Gasteiger partial charge in [-0.1, -0.05) is 0 Å². The minimum absolute atomic E-state index is 0.224. The molecule has 2 aromatic rings. The van der Waals surface area contributed by atoms with Crippen molar-refractivity contribution in [2.24, 2.45) is 0 Å². The van der Waals surface area contributed by atoms with Crippen LogP contribution in [0.5, 0.6) is 0 Å². The second kappa shape index (κ2) is 3.97. The normalized spacial score (nSPS) is 10.4. The quantitative estimate of drug-likeness (QED) is 0.843. The van der Waals surface area contributed by atoms with Gasteiger partial charge in [0, 0.05) is 6.20 Å². The maximum atomic E-state index is 5.45. The third-order valence-corrected chi connectivity index (χ3v) is 3.05. The number of nitrogens with zero attached hydrogens (tertiary/aromatic N) is 3. The summed E-state index contributed by atoms with van der Waals surface area (Å²) in [5.74, 6) is 0.224. The molecule has 2 heterocycles. The monoisotopic (exact) mass is 272 g/mol. The van der Waals surface area contributed by atoms with Crippen LogP contribution in [-0.2, 0) is 0 Å². The molecule has 72 valence electrons. The summed E-state index contributed by atoms with van der Waals surface area (Å²) in [6.07, 6.45) is 4.66. The fourth-order valence-electron chi connectivity index (χ4n) is 0.779. The van der Waals surface area contributed by atoms with Gasteiger partial charge in [-0.05, 0) is 27.7 Å². The predicted molar refractivity (Wildman–Crippen MR) is 54.8 cm³/mol. The number of rotatable bonds is 2. The van der Waals surface area contributed by atoms with E-state index in [1.54, 1.807) is 12.4 Å². The molecule has 7 heteroatoms. The summed E-state index contributed by atoms with van der Waals surface area (Å²) in [6.45, 7) is 0. The molecule has 0 aliphatic carbocycles. The molecule has 0 aromatic carbocycles. The molecule has 0 aliphatic rings. The molecule has 0 radical (unpaired) electrons. The van der Waals surface area contributed by atoms with Crippen molar-refractivity contribution in [2.75, 3.05) is 5.73 Å². The van der Waals surface area contributed by atoms with E-state index in [1.165, 1.54) is 18.0 Å². The Morgan fingerprint density at radius 2 is 2.29 bits per heavy atom. The number of anilines is 1. The van der Waals surface area contributed by atoms with Gasteiger partial charge in [-0.25, -0.2) is 15.0 Å². The van der Waals surface area contributed by atoms with E-state index in [0.717, 1.165) is 4.47 Å². The molecule has 2 rings (SSSR count). The topological polar surface area (TPSA) is 77.8 Å². The number of hydrogen-bond acceptors (Lipinski definition) is 6. The van der Waals surface area contributed by atoms with Crippen molar-refractivity contribution < 1.29 is 4.42 Å². The Morgan fingerprint density at radius 3 is 3.00 bits per heavy atom. The molecule has 5 nitrogen and oxygen atoms in total. The lowest BCUT2D eigenvalue weighted by molar-refractivity contribution is 0.454. The average molecular weight is 273 g/mol. The summed E-state index contributed by atoms with van der Waals surface area (Å²) >= 11 is 4.58. The Labute approximate surface area is 92.3 Å². The summed E-state index contributed by atoms with van der Waals surface area (Å²) in [5, 5.41) is 1.20. The van der Waals surface area contributed by atoms with E-state index in [4.69, 9.17) is 10.2 Å². The van der Waals surface area contributed by atoms with E-state index in [0.29, 0.717) is 10.2 Å². The van der Waals surface area contributed by atoms with Gasteiger partial charge in [0.15, 0.2) is 0 Å². The van der Waals surface area contributed by atoms with E-state index in [2.05, 4.69) is 30.9 Å². The molecule has 0 unspecified atom stereocenters. The lowest BCUT2D eigenvalue weighted by Gasteiger charge is -1.99. The highest BCUT2D eigenvalue weighted by Crippen LogP contribution is 2.30. The Bertz CT molecular complexity index is 433. The zero-order valence-corrected chi connectivity index (χ0v) is 9.25. The van der Waals surface area contributed by atoms with Crippen LogP contribution in [0.15, 0.2) is 37.8 Å². The highest BCUT2D eigenvalue weighted by Gasteiger charge is 2.08. The highest BCUT2D eigenvalue weighted by molar-refractivity contribution is 9.10. The van der Waals surface area contributed by atoms with Gasteiger partial charge >= 0.3 is 0 Å². The first kappa shape index (κ1) is 9.47. The van der Waals surface area contributed by atoms with E-state index in [1.807, 2.05) is 0 Å². The largest absolute Gasteiger partial charge is 0.440 e. The Morgan fingerprint density at radius 1 is 1.43 bits per heavy atom. The average Bonchev–Trinajstić information content (AvgIpc) is 2.64. The van der Waals surface area contributed by atoms with Gasteiger partial charge in [0.1, 0.15) is 11.3 Å². The summed E-state index contributed by atoms with van der Waals surface area (Å²) in [7, 11) is 0. The van der Waals surface area contributed by atoms with E-state index < -0.39 is 0 Å². The molecule has 0 atom stereocenters. The summed E-state index contributed by atoms with van der Waals surface area (Å²) < 4.78 is 5.82. The third kappa shape index (κ3) is 2.05. The number of nitrogen functional groups attached to an aromatic ring is 1. The van der Waals surface area contributed by atoms with Crippen LogP contribution in [0, 0.1) is 0 Å². The van der Waals surface area contributed by atoms with Crippen molar-refractivity contribution in [3.05, 3.63) is 23.1 Å². The Kier molecular flexibility index (Phi) is 2.69. The Hall–Kier alpha value is -1.08. The number of halogens is 1. The van der Waals surface area contributed by atoms with Crippen molar-refractivity contribution in [2.45, 2.75) is 10.2 Å². The number of hydrogen-bond donors (Lipinski definition) is 1. The SMILES string of the molecule is Nc1ncc(Br)c(Sc2ncco2)n1. The van der Waals surface area contributed by atoms with Gasteiger partial charge in [-0.3, -0.25) is 0 Å². The second-order valence-corrected chi connectivity index (χ2v) is 4.08. The van der Waals surface area contributed by atoms with Gasteiger partial charge in [-0.2, -0.15) is 0 Å². The second-order valence-electron chi connectivity index (χ2n) is 2.28. The number of oxazole rings is 1.